The Kier molecular flexibility index (Phi) is 4.68. The number of methoxy groups -OCH3 is 1. The lowest BCUT2D eigenvalue weighted by Gasteiger charge is -2.42. The first-order valence-corrected chi connectivity index (χ1v) is 8.67. The second-order valence-electron chi connectivity index (χ2n) is 7.30. The second-order valence-corrected chi connectivity index (χ2v) is 7.30. The molecule has 118 valence electrons. The molecule has 0 aromatic rings. The first kappa shape index (κ1) is 15.1. The number of rotatable bonds is 4. The molecule has 3 fully saturated rings. The molecule has 3 heteroatoms. The van der Waals surface area contributed by atoms with E-state index in [0.717, 1.165) is 24.7 Å². The number of esters is 1. The fourth-order valence-corrected chi connectivity index (χ4v) is 5.14. The number of allylic oxidation sites excluding steroid dienone is 1. The summed E-state index contributed by atoms with van der Waals surface area (Å²) in [6.45, 7) is 3.87. The van der Waals surface area contributed by atoms with Gasteiger partial charge in [0.25, 0.3) is 0 Å². The van der Waals surface area contributed by atoms with Gasteiger partial charge in [-0.1, -0.05) is 6.08 Å². The average molecular weight is 291 g/mol. The number of ether oxygens (including phenoxy) is 1. The molecule has 1 aliphatic carbocycles. The van der Waals surface area contributed by atoms with Crippen LogP contribution in [-0.2, 0) is 9.53 Å². The van der Waals surface area contributed by atoms with Crippen molar-refractivity contribution in [3.63, 3.8) is 0 Å². The normalized spacial score (nSPS) is 42.5. The van der Waals surface area contributed by atoms with E-state index in [1.54, 1.807) is 7.11 Å². The van der Waals surface area contributed by atoms with Crippen LogP contribution in [0.15, 0.2) is 12.7 Å². The molecular weight excluding hydrogens is 262 g/mol. The van der Waals surface area contributed by atoms with Gasteiger partial charge in [0.1, 0.15) is 0 Å². The molecule has 2 saturated heterocycles. The Morgan fingerprint density at radius 1 is 1.24 bits per heavy atom. The van der Waals surface area contributed by atoms with Crippen LogP contribution in [0.4, 0.5) is 0 Å². The molecule has 1 N–H and O–H groups in total. The summed E-state index contributed by atoms with van der Waals surface area (Å²) in [5.74, 6) is 2.20. The number of hydrogen-bond donors (Lipinski definition) is 1. The second kappa shape index (κ2) is 6.51. The van der Waals surface area contributed by atoms with Gasteiger partial charge in [0, 0.05) is 12.1 Å². The molecule has 21 heavy (non-hydrogen) atoms. The van der Waals surface area contributed by atoms with Gasteiger partial charge in [0.15, 0.2) is 0 Å². The Morgan fingerprint density at radius 3 is 2.67 bits per heavy atom. The van der Waals surface area contributed by atoms with Gasteiger partial charge in [-0.05, 0) is 69.1 Å². The third-order valence-electron chi connectivity index (χ3n) is 6.20. The Hall–Kier alpha value is -0.830. The van der Waals surface area contributed by atoms with Crippen molar-refractivity contribution in [2.24, 2.45) is 23.7 Å². The topological polar surface area (TPSA) is 38.3 Å². The maximum Gasteiger partial charge on any atom is 0.310 e. The summed E-state index contributed by atoms with van der Waals surface area (Å²) in [7, 11) is 1.54. The lowest BCUT2D eigenvalue weighted by molar-refractivity contribution is -0.151. The molecule has 0 spiro atoms. The van der Waals surface area contributed by atoms with Crippen molar-refractivity contribution >= 4 is 5.97 Å². The average Bonchev–Trinajstić information content (AvgIpc) is 2.89. The quantitative estimate of drug-likeness (QED) is 0.638. The fourth-order valence-electron chi connectivity index (χ4n) is 5.14. The highest BCUT2D eigenvalue weighted by Gasteiger charge is 2.48. The first-order chi connectivity index (χ1) is 10.2. The first-order valence-electron chi connectivity index (χ1n) is 8.67. The van der Waals surface area contributed by atoms with Crippen LogP contribution in [0, 0.1) is 23.7 Å². The molecule has 4 atom stereocenters. The highest BCUT2D eigenvalue weighted by atomic mass is 16.5. The van der Waals surface area contributed by atoms with Crippen LogP contribution >= 0.6 is 0 Å². The smallest absolute Gasteiger partial charge is 0.310 e. The van der Waals surface area contributed by atoms with Gasteiger partial charge in [-0.3, -0.25) is 4.79 Å². The molecule has 3 rings (SSSR count). The van der Waals surface area contributed by atoms with Gasteiger partial charge in [0.2, 0.25) is 0 Å². The minimum atomic E-state index is 0.0195. The van der Waals surface area contributed by atoms with Crippen molar-refractivity contribution in [2.45, 2.75) is 63.5 Å². The van der Waals surface area contributed by atoms with E-state index in [4.69, 9.17) is 4.74 Å². The highest BCUT2D eigenvalue weighted by molar-refractivity contribution is 5.74. The fraction of sp³-hybridized carbons (Fsp3) is 0.833. The molecule has 0 radical (unpaired) electrons. The zero-order chi connectivity index (χ0) is 14.8. The Balaban J connectivity index is 1.67. The summed E-state index contributed by atoms with van der Waals surface area (Å²) in [6, 6.07) is 1.01. The lowest BCUT2D eigenvalue weighted by Crippen LogP contribution is -2.51. The summed E-state index contributed by atoms with van der Waals surface area (Å²) < 4.78 is 5.13. The number of fused-ring (bicyclic) bond motifs is 2. The van der Waals surface area contributed by atoms with Crippen molar-refractivity contribution < 1.29 is 9.53 Å². The molecule has 0 amide bonds. The van der Waals surface area contributed by atoms with Gasteiger partial charge in [0.05, 0.1) is 13.0 Å². The molecular formula is C18H29NO2. The molecule has 3 aliphatic rings. The van der Waals surface area contributed by atoms with Crippen molar-refractivity contribution in [3.8, 4) is 0 Å². The molecule has 0 aromatic heterocycles. The highest BCUT2D eigenvalue weighted by Crippen LogP contribution is 2.45. The Morgan fingerprint density at radius 2 is 2.00 bits per heavy atom. The minimum absolute atomic E-state index is 0.0195. The van der Waals surface area contributed by atoms with E-state index in [-0.39, 0.29) is 11.9 Å². The van der Waals surface area contributed by atoms with Gasteiger partial charge >= 0.3 is 5.97 Å². The zero-order valence-corrected chi connectivity index (χ0v) is 13.2. The number of hydrogen-bond acceptors (Lipinski definition) is 3. The maximum atomic E-state index is 12.3. The van der Waals surface area contributed by atoms with E-state index < -0.39 is 0 Å². The summed E-state index contributed by atoms with van der Waals surface area (Å²) in [4.78, 5) is 12.3. The molecule has 2 aliphatic heterocycles. The summed E-state index contributed by atoms with van der Waals surface area (Å²) in [6.07, 6.45) is 12.0. The summed E-state index contributed by atoms with van der Waals surface area (Å²) in [5.41, 5.74) is 0. The van der Waals surface area contributed by atoms with E-state index in [9.17, 15) is 4.79 Å². The van der Waals surface area contributed by atoms with Crippen LogP contribution in [-0.4, -0.2) is 25.2 Å². The molecule has 2 bridgehead atoms. The Labute approximate surface area is 128 Å². The predicted molar refractivity (Wildman–Crippen MR) is 83.8 cm³/mol. The van der Waals surface area contributed by atoms with Crippen LogP contribution in [0.3, 0.4) is 0 Å². The summed E-state index contributed by atoms with van der Waals surface area (Å²) >= 11 is 0. The monoisotopic (exact) mass is 291 g/mol. The van der Waals surface area contributed by atoms with E-state index in [0.29, 0.717) is 18.0 Å². The van der Waals surface area contributed by atoms with Gasteiger partial charge in [-0.2, -0.15) is 0 Å². The molecule has 0 aromatic carbocycles. The zero-order valence-electron chi connectivity index (χ0n) is 13.2. The van der Waals surface area contributed by atoms with Gasteiger partial charge < -0.3 is 10.1 Å². The van der Waals surface area contributed by atoms with Crippen molar-refractivity contribution in [3.05, 3.63) is 12.7 Å². The van der Waals surface area contributed by atoms with E-state index >= 15 is 0 Å². The SMILES string of the molecule is C=CCC1CCC([C@H]2C[C@H]3CCC(N3)C2C(=O)OC)CC1. The number of nitrogens with one attached hydrogen (secondary N) is 1. The summed E-state index contributed by atoms with van der Waals surface area (Å²) in [5, 5.41) is 3.64. The predicted octanol–water partition coefficient (Wildman–Crippen LogP) is 3.30. The number of carbonyl (C=O) groups excluding carboxylic acids is 1. The van der Waals surface area contributed by atoms with Crippen LogP contribution in [0.2, 0.25) is 0 Å². The number of piperidine rings is 1. The van der Waals surface area contributed by atoms with Crippen LogP contribution in [0.5, 0.6) is 0 Å². The van der Waals surface area contributed by atoms with E-state index in [1.165, 1.54) is 38.5 Å². The van der Waals surface area contributed by atoms with E-state index in [1.807, 2.05) is 0 Å². The third kappa shape index (κ3) is 3.03. The maximum absolute atomic E-state index is 12.3. The van der Waals surface area contributed by atoms with E-state index in [2.05, 4.69) is 18.0 Å². The largest absolute Gasteiger partial charge is 0.469 e. The van der Waals surface area contributed by atoms with Gasteiger partial charge in [-0.15, -0.1) is 6.58 Å². The van der Waals surface area contributed by atoms with Crippen molar-refractivity contribution in [2.75, 3.05) is 7.11 Å². The van der Waals surface area contributed by atoms with Crippen LogP contribution in [0.1, 0.15) is 51.4 Å². The standard InChI is InChI=1S/C18H29NO2/c1-3-4-12-5-7-13(8-6-12)15-11-14-9-10-16(19-14)17(15)18(20)21-2/h3,12-17,19H,1,4-11H2,2H3/t12?,13?,14-,15-,16?,17?/m1/s1. The van der Waals surface area contributed by atoms with Gasteiger partial charge in [-0.25, -0.2) is 0 Å². The van der Waals surface area contributed by atoms with Crippen molar-refractivity contribution in [1.82, 2.24) is 5.32 Å². The van der Waals surface area contributed by atoms with Crippen LogP contribution < -0.4 is 5.32 Å². The van der Waals surface area contributed by atoms with Crippen molar-refractivity contribution in [1.29, 1.82) is 0 Å². The molecule has 2 unspecified atom stereocenters. The van der Waals surface area contributed by atoms with Crippen LogP contribution in [0.25, 0.3) is 0 Å². The molecule has 2 heterocycles. The lowest BCUT2D eigenvalue weighted by atomic mass is 9.67. The molecule has 1 saturated carbocycles. The third-order valence-corrected chi connectivity index (χ3v) is 6.20. The molecule has 3 nitrogen and oxygen atoms in total. The minimum Gasteiger partial charge on any atom is -0.469 e. The number of carbonyl (C=O) groups is 1. The Bertz CT molecular complexity index is 387.